The van der Waals surface area contributed by atoms with Gasteiger partial charge in [-0.2, -0.15) is 0 Å². The second-order valence-corrected chi connectivity index (χ2v) is 7.98. The van der Waals surface area contributed by atoms with Crippen molar-refractivity contribution in [3.05, 3.63) is 65.2 Å². The van der Waals surface area contributed by atoms with E-state index < -0.39 is 5.25 Å². The number of ether oxygens (including phenoxy) is 1. The van der Waals surface area contributed by atoms with Gasteiger partial charge in [-0.3, -0.25) is 4.79 Å². The van der Waals surface area contributed by atoms with E-state index >= 15 is 0 Å². The molecule has 1 aliphatic heterocycles. The van der Waals surface area contributed by atoms with Crippen molar-refractivity contribution in [2.24, 2.45) is 0 Å². The van der Waals surface area contributed by atoms with Gasteiger partial charge >= 0.3 is 0 Å². The zero-order valence-electron chi connectivity index (χ0n) is 15.6. The molecular formula is C20H20ClN5O2S. The van der Waals surface area contributed by atoms with Crippen LogP contribution in [0.25, 0.3) is 11.4 Å². The molecule has 29 heavy (non-hydrogen) atoms. The van der Waals surface area contributed by atoms with Gasteiger partial charge in [0, 0.05) is 18.7 Å². The molecule has 2 aromatic carbocycles. The van der Waals surface area contributed by atoms with E-state index in [4.69, 9.17) is 22.2 Å². The minimum Gasteiger partial charge on any atom is -0.378 e. The van der Waals surface area contributed by atoms with Gasteiger partial charge < -0.3 is 15.5 Å². The summed E-state index contributed by atoms with van der Waals surface area (Å²) in [6.07, 6.45) is 0. The fourth-order valence-electron chi connectivity index (χ4n) is 3.13. The van der Waals surface area contributed by atoms with Gasteiger partial charge in [0.15, 0.2) is 5.82 Å². The zero-order chi connectivity index (χ0) is 20.2. The van der Waals surface area contributed by atoms with Crippen molar-refractivity contribution in [2.75, 3.05) is 32.1 Å². The number of nitrogen functional groups attached to an aromatic ring is 1. The van der Waals surface area contributed by atoms with Crippen molar-refractivity contribution in [3.8, 4) is 11.4 Å². The van der Waals surface area contributed by atoms with E-state index in [1.165, 1.54) is 16.4 Å². The van der Waals surface area contributed by atoms with Crippen LogP contribution in [0, 0.1) is 0 Å². The third-order valence-electron chi connectivity index (χ3n) is 4.65. The number of hydrogen-bond donors (Lipinski definition) is 1. The van der Waals surface area contributed by atoms with Gasteiger partial charge in [0.2, 0.25) is 11.1 Å². The molecule has 1 fully saturated rings. The Bertz CT molecular complexity index is 992. The summed E-state index contributed by atoms with van der Waals surface area (Å²) in [7, 11) is 0. The lowest BCUT2D eigenvalue weighted by atomic mass is 10.1. The summed E-state index contributed by atoms with van der Waals surface area (Å²) >= 11 is 7.56. The predicted molar refractivity (Wildman–Crippen MR) is 113 cm³/mol. The quantitative estimate of drug-likeness (QED) is 0.495. The standard InChI is InChI=1S/C20H20ClN5O2S/c21-16-9-5-4-8-15(16)18-23-24-20(26(18)22)29-17(14-6-2-1-3-7-14)19(27)25-10-12-28-13-11-25/h1-9,17H,10-13,22H2. The van der Waals surface area contributed by atoms with Gasteiger partial charge in [-0.25, -0.2) is 4.68 Å². The highest BCUT2D eigenvalue weighted by Crippen LogP contribution is 2.37. The predicted octanol–water partition coefficient (Wildman–Crippen LogP) is 3.00. The highest BCUT2D eigenvalue weighted by Gasteiger charge is 2.30. The summed E-state index contributed by atoms with van der Waals surface area (Å²) in [6.45, 7) is 2.23. The van der Waals surface area contributed by atoms with Crippen molar-refractivity contribution < 1.29 is 9.53 Å². The highest BCUT2D eigenvalue weighted by atomic mass is 35.5. The average molecular weight is 430 g/mol. The van der Waals surface area contributed by atoms with Gasteiger partial charge in [-0.1, -0.05) is 65.8 Å². The third-order valence-corrected chi connectivity index (χ3v) is 6.18. The van der Waals surface area contributed by atoms with Crippen molar-refractivity contribution in [2.45, 2.75) is 10.4 Å². The zero-order valence-corrected chi connectivity index (χ0v) is 17.1. The molecule has 9 heteroatoms. The van der Waals surface area contributed by atoms with Gasteiger partial charge in [0.05, 0.1) is 18.2 Å². The van der Waals surface area contributed by atoms with Crippen molar-refractivity contribution in [3.63, 3.8) is 0 Å². The maximum Gasteiger partial charge on any atom is 0.240 e. The number of thioether (sulfide) groups is 1. The molecule has 0 aliphatic carbocycles. The molecule has 0 bridgehead atoms. The number of halogens is 1. The molecule has 1 unspecified atom stereocenters. The summed E-state index contributed by atoms with van der Waals surface area (Å²) < 4.78 is 6.76. The van der Waals surface area contributed by atoms with E-state index in [0.29, 0.717) is 47.9 Å². The molecule has 1 aliphatic rings. The first-order valence-corrected chi connectivity index (χ1v) is 10.4. The lowest BCUT2D eigenvalue weighted by molar-refractivity contribution is -0.134. The fourth-order valence-corrected chi connectivity index (χ4v) is 4.39. The molecule has 2 N–H and O–H groups in total. The smallest absolute Gasteiger partial charge is 0.240 e. The minimum atomic E-state index is -0.486. The Morgan fingerprint density at radius 1 is 1.07 bits per heavy atom. The van der Waals surface area contributed by atoms with E-state index in [1.54, 1.807) is 6.07 Å². The van der Waals surface area contributed by atoms with Crippen molar-refractivity contribution in [1.29, 1.82) is 0 Å². The molecule has 4 rings (SSSR count). The Balaban J connectivity index is 1.65. The van der Waals surface area contributed by atoms with Crippen molar-refractivity contribution >= 4 is 29.3 Å². The van der Waals surface area contributed by atoms with E-state index in [9.17, 15) is 4.79 Å². The summed E-state index contributed by atoms with van der Waals surface area (Å²) in [4.78, 5) is 15.1. The van der Waals surface area contributed by atoms with Gasteiger partial charge in [0.25, 0.3) is 0 Å². The first kappa shape index (κ1) is 19.8. The van der Waals surface area contributed by atoms with Gasteiger partial charge in [-0.05, 0) is 17.7 Å². The number of morpholine rings is 1. The van der Waals surface area contributed by atoms with E-state index in [2.05, 4.69) is 10.2 Å². The summed E-state index contributed by atoms with van der Waals surface area (Å²) in [5, 5.41) is 8.91. The van der Waals surface area contributed by atoms with E-state index in [0.717, 1.165) is 5.56 Å². The van der Waals surface area contributed by atoms with Gasteiger partial charge in [0.1, 0.15) is 5.25 Å². The second kappa shape index (κ2) is 8.86. The van der Waals surface area contributed by atoms with Crippen LogP contribution in [-0.2, 0) is 9.53 Å². The summed E-state index contributed by atoms with van der Waals surface area (Å²) in [6, 6.07) is 16.9. The first-order chi connectivity index (χ1) is 14.1. The van der Waals surface area contributed by atoms with Crippen LogP contribution in [-0.4, -0.2) is 52.0 Å². The first-order valence-electron chi connectivity index (χ1n) is 9.18. The number of rotatable bonds is 5. The fraction of sp³-hybridized carbons (Fsp3) is 0.250. The average Bonchev–Trinajstić information content (AvgIpc) is 3.13. The molecule has 1 saturated heterocycles. The number of carbonyl (C=O) groups is 1. The van der Waals surface area contributed by atoms with E-state index in [1.807, 2.05) is 53.4 Å². The van der Waals surface area contributed by atoms with Crippen LogP contribution in [0.3, 0.4) is 0 Å². The maximum atomic E-state index is 13.3. The van der Waals surface area contributed by atoms with Crippen LogP contribution in [0.15, 0.2) is 59.8 Å². The number of amides is 1. The molecular weight excluding hydrogens is 410 g/mol. The number of aromatic nitrogens is 3. The summed E-state index contributed by atoms with van der Waals surface area (Å²) in [5.41, 5.74) is 1.57. The Labute approximate surface area is 177 Å². The molecule has 1 aromatic heterocycles. The van der Waals surface area contributed by atoms with Crippen LogP contribution < -0.4 is 5.84 Å². The maximum absolute atomic E-state index is 13.3. The second-order valence-electron chi connectivity index (χ2n) is 6.50. The summed E-state index contributed by atoms with van der Waals surface area (Å²) in [5.74, 6) is 6.73. The molecule has 7 nitrogen and oxygen atoms in total. The largest absolute Gasteiger partial charge is 0.378 e. The molecule has 1 atom stereocenters. The minimum absolute atomic E-state index is 0.00629. The molecule has 0 radical (unpaired) electrons. The molecule has 150 valence electrons. The Kier molecular flexibility index (Phi) is 6.03. The number of hydrogen-bond acceptors (Lipinski definition) is 6. The Hall–Kier alpha value is -2.55. The number of benzene rings is 2. The molecule has 0 spiro atoms. The molecule has 0 saturated carbocycles. The van der Waals surface area contributed by atoms with Crippen LogP contribution in [0.1, 0.15) is 10.8 Å². The monoisotopic (exact) mass is 429 g/mol. The van der Waals surface area contributed by atoms with Gasteiger partial charge in [-0.15, -0.1) is 10.2 Å². The highest BCUT2D eigenvalue weighted by molar-refractivity contribution is 8.00. The normalized spacial score (nSPS) is 15.3. The number of carbonyl (C=O) groups excluding carboxylic acids is 1. The number of nitrogens with two attached hydrogens (primary N) is 1. The van der Waals surface area contributed by atoms with Crippen LogP contribution in [0.2, 0.25) is 5.02 Å². The number of nitrogens with zero attached hydrogens (tertiary/aromatic N) is 4. The molecule has 3 aromatic rings. The molecule has 1 amide bonds. The Morgan fingerprint density at radius 3 is 2.48 bits per heavy atom. The van der Waals surface area contributed by atoms with Crippen LogP contribution in [0.5, 0.6) is 0 Å². The van der Waals surface area contributed by atoms with Crippen LogP contribution in [0.4, 0.5) is 0 Å². The van der Waals surface area contributed by atoms with Crippen LogP contribution >= 0.6 is 23.4 Å². The Morgan fingerprint density at radius 2 is 1.76 bits per heavy atom. The third kappa shape index (κ3) is 4.24. The lowest BCUT2D eigenvalue weighted by Gasteiger charge is -2.30. The topological polar surface area (TPSA) is 86.3 Å². The SMILES string of the molecule is Nn1c(SC(C(=O)N2CCOCC2)c2ccccc2)nnc1-c1ccccc1Cl. The lowest BCUT2D eigenvalue weighted by Crippen LogP contribution is -2.42. The molecule has 2 heterocycles. The van der Waals surface area contributed by atoms with E-state index in [-0.39, 0.29) is 5.91 Å². The van der Waals surface area contributed by atoms with Crippen molar-refractivity contribution in [1.82, 2.24) is 19.8 Å².